The average Bonchev–Trinajstić information content (AvgIpc) is 2.90. The van der Waals surface area contributed by atoms with Crippen LogP contribution >= 0.6 is 23.2 Å². The number of halogens is 2. The van der Waals surface area contributed by atoms with Crippen LogP contribution in [0.25, 0.3) is 0 Å². The van der Waals surface area contributed by atoms with Crippen LogP contribution in [0.5, 0.6) is 11.5 Å². The molecule has 1 aliphatic rings. The molecule has 104 valence electrons. The molecule has 1 heterocycles. The molecule has 2 nitrogen and oxygen atoms in total. The second-order valence-electron chi connectivity index (χ2n) is 4.76. The standard InChI is InChI=1S/C16H14Cl2O2/c1-19-11-6-7-12(13(17)9-11)16(18)15-8-10-4-2-3-5-14(10)20-15/h2-7,9,15-16H,8H2,1H3. The van der Waals surface area contributed by atoms with E-state index in [0.29, 0.717) is 5.02 Å². The van der Waals surface area contributed by atoms with E-state index in [9.17, 15) is 0 Å². The largest absolute Gasteiger partial charge is 0.497 e. The molecule has 3 rings (SSSR count). The first-order chi connectivity index (χ1) is 9.69. The second-order valence-corrected chi connectivity index (χ2v) is 5.63. The molecule has 0 amide bonds. The minimum absolute atomic E-state index is 0.0973. The summed E-state index contributed by atoms with van der Waals surface area (Å²) < 4.78 is 11.1. The van der Waals surface area contributed by atoms with E-state index in [1.54, 1.807) is 13.2 Å². The number of fused-ring (bicyclic) bond motifs is 1. The van der Waals surface area contributed by atoms with Crippen LogP contribution in [-0.2, 0) is 6.42 Å². The number of hydrogen-bond acceptors (Lipinski definition) is 2. The molecule has 2 aromatic rings. The first-order valence-corrected chi connectivity index (χ1v) is 7.22. The highest BCUT2D eigenvalue weighted by Crippen LogP contribution is 2.40. The zero-order chi connectivity index (χ0) is 14.1. The number of rotatable bonds is 3. The molecular formula is C16H14Cl2O2. The fourth-order valence-electron chi connectivity index (χ4n) is 2.43. The number of para-hydroxylation sites is 1. The Labute approximate surface area is 128 Å². The van der Waals surface area contributed by atoms with E-state index in [2.05, 4.69) is 6.07 Å². The number of methoxy groups -OCH3 is 1. The molecule has 2 aromatic carbocycles. The summed E-state index contributed by atoms with van der Waals surface area (Å²) in [6, 6.07) is 13.5. The Morgan fingerprint density at radius 3 is 2.75 bits per heavy atom. The first kappa shape index (κ1) is 13.6. The van der Waals surface area contributed by atoms with E-state index in [0.717, 1.165) is 23.5 Å². The highest BCUT2D eigenvalue weighted by Gasteiger charge is 2.31. The summed E-state index contributed by atoms with van der Waals surface area (Å²) in [7, 11) is 1.61. The summed E-state index contributed by atoms with van der Waals surface area (Å²) in [5, 5.41) is 0.310. The Morgan fingerprint density at radius 1 is 1.25 bits per heavy atom. The topological polar surface area (TPSA) is 18.5 Å². The summed E-state index contributed by atoms with van der Waals surface area (Å²) in [5.74, 6) is 1.63. The number of benzene rings is 2. The van der Waals surface area contributed by atoms with Gasteiger partial charge in [-0.05, 0) is 29.3 Å². The van der Waals surface area contributed by atoms with Crippen molar-refractivity contribution in [3.63, 3.8) is 0 Å². The normalized spacial score (nSPS) is 18.2. The Hall–Kier alpha value is -1.38. The third-order valence-corrected chi connectivity index (χ3v) is 4.35. The van der Waals surface area contributed by atoms with Crippen LogP contribution < -0.4 is 9.47 Å². The zero-order valence-electron chi connectivity index (χ0n) is 11.0. The molecule has 20 heavy (non-hydrogen) atoms. The molecule has 2 atom stereocenters. The molecule has 4 heteroatoms. The predicted molar refractivity (Wildman–Crippen MR) is 81.2 cm³/mol. The van der Waals surface area contributed by atoms with E-state index >= 15 is 0 Å². The van der Waals surface area contributed by atoms with Gasteiger partial charge in [-0.2, -0.15) is 0 Å². The van der Waals surface area contributed by atoms with Crippen molar-refractivity contribution in [2.24, 2.45) is 0 Å². The van der Waals surface area contributed by atoms with Gasteiger partial charge in [0.1, 0.15) is 17.6 Å². The van der Waals surface area contributed by atoms with Gasteiger partial charge in [0.25, 0.3) is 0 Å². The van der Waals surface area contributed by atoms with Gasteiger partial charge in [0.15, 0.2) is 0 Å². The van der Waals surface area contributed by atoms with Crippen LogP contribution in [0, 0.1) is 0 Å². The minimum Gasteiger partial charge on any atom is -0.497 e. The van der Waals surface area contributed by atoms with Crippen molar-refractivity contribution in [1.82, 2.24) is 0 Å². The van der Waals surface area contributed by atoms with E-state index < -0.39 is 0 Å². The van der Waals surface area contributed by atoms with E-state index in [1.807, 2.05) is 30.3 Å². The third kappa shape index (κ3) is 2.46. The number of alkyl halides is 1. The van der Waals surface area contributed by atoms with Crippen LogP contribution in [0.4, 0.5) is 0 Å². The van der Waals surface area contributed by atoms with Crippen LogP contribution in [0.3, 0.4) is 0 Å². The fraction of sp³-hybridized carbons (Fsp3) is 0.250. The Morgan fingerprint density at radius 2 is 2.05 bits per heavy atom. The summed E-state index contributed by atoms with van der Waals surface area (Å²) in [6.45, 7) is 0. The molecule has 0 spiro atoms. The summed E-state index contributed by atoms with van der Waals surface area (Å²) in [6.07, 6.45) is 0.701. The van der Waals surface area contributed by atoms with Crippen molar-refractivity contribution in [3.05, 3.63) is 58.6 Å². The third-order valence-electron chi connectivity index (χ3n) is 3.50. The predicted octanol–water partition coefficient (Wildman–Crippen LogP) is 4.63. The van der Waals surface area contributed by atoms with Gasteiger partial charge < -0.3 is 9.47 Å². The molecule has 1 aliphatic heterocycles. The molecule has 0 radical (unpaired) electrons. The van der Waals surface area contributed by atoms with Crippen LogP contribution in [0.15, 0.2) is 42.5 Å². The Balaban J connectivity index is 1.82. The van der Waals surface area contributed by atoms with Crippen molar-refractivity contribution in [2.75, 3.05) is 7.11 Å². The lowest BCUT2D eigenvalue weighted by molar-refractivity contribution is 0.227. The maximum absolute atomic E-state index is 6.55. The monoisotopic (exact) mass is 308 g/mol. The van der Waals surface area contributed by atoms with Crippen molar-refractivity contribution >= 4 is 23.2 Å². The van der Waals surface area contributed by atoms with Crippen LogP contribution in [0.1, 0.15) is 16.5 Å². The van der Waals surface area contributed by atoms with Crippen LogP contribution in [-0.4, -0.2) is 13.2 Å². The lowest BCUT2D eigenvalue weighted by Gasteiger charge is -2.19. The maximum Gasteiger partial charge on any atom is 0.123 e. The summed E-state index contributed by atoms with van der Waals surface area (Å²) >= 11 is 12.8. The van der Waals surface area contributed by atoms with Crippen LogP contribution in [0.2, 0.25) is 5.02 Å². The highest BCUT2D eigenvalue weighted by molar-refractivity contribution is 6.33. The van der Waals surface area contributed by atoms with Gasteiger partial charge in [0, 0.05) is 11.4 Å². The van der Waals surface area contributed by atoms with Gasteiger partial charge in [0.2, 0.25) is 0 Å². The molecule has 0 N–H and O–H groups in total. The van der Waals surface area contributed by atoms with Gasteiger partial charge in [-0.15, -0.1) is 11.6 Å². The first-order valence-electron chi connectivity index (χ1n) is 6.41. The molecule has 0 saturated heterocycles. The fourth-order valence-corrected chi connectivity index (χ4v) is 3.11. The summed E-state index contributed by atoms with van der Waals surface area (Å²) in [4.78, 5) is 0. The second kappa shape index (κ2) is 5.55. The molecular weight excluding hydrogens is 295 g/mol. The molecule has 0 aromatic heterocycles. The Kier molecular flexibility index (Phi) is 3.77. The van der Waals surface area contributed by atoms with E-state index in [4.69, 9.17) is 32.7 Å². The minimum atomic E-state index is -0.291. The molecule has 0 aliphatic carbocycles. The SMILES string of the molecule is COc1ccc(C(Cl)C2Cc3ccccc3O2)c(Cl)c1. The Bertz CT molecular complexity index is 603. The lowest BCUT2D eigenvalue weighted by atomic mass is 10.0. The highest BCUT2D eigenvalue weighted by atomic mass is 35.5. The van der Waals surface area contributed by atoms with Gasteiger partial charge in [-0.3, -0.25) is 0 Å². The van der Waals surface area contributed by atoms with Gasteiger partial charge in [-0.25, -0.2) is 0 Å². The molecule has 0 bridgehead atoms. The average molecular weight is 309 g/mol. The van der Waals surface area contributed by atoms with Gasteiger partial charge in [-0.1, -0.05) is 35.9 Å². The lowest BCUT2D eigenvalue weighted by Crippen LogP contribution is -2.19. The number of hydrogen-bond donors (Lipinski definition) is 0. The molecule has 0 saturated carbocycles. The number of ether oxygens (including phenoxy) is 2. The van der Waals surface area contributed by atoms with E-state index in [-0.39, 0.29) is 11.5 Å². The van der Waals surface area contributed by atoms with Crippen molar-refractivity contribution < 1.29 is 9.47 Å². The van der Waals surface area contributed by atoms with Gasteiger partial charge >= 0.3 is 0 Å². The van der Waals surface area contributed by atoms with Crippen molar-refractivity contribution in [3.8, 4) is 11.5 Å². The van der Waals surface area contributed by atoms with Crippen molar-refractivity contribution in [1.29, 1.82) is 0 Å². The smallest absolute Gasteiger partial charge is 0.123 e. The van der Waals surface area contributed by atoms with Crippen molar-refractivity contribution in [2.45, 2.75) is 17.9 Å². The zero-order valence-corrected chi connectivity index (χ0v) is 12.5. The summed E-state index contributed by atoms with van der Waals surface area (Å²) in [5.41, 5.74) is 2.06. The maximum atomic E-state index is 6.55. The quantitative estimate of drug-likeness (QED) is 0.770. The van der Waals surface area contributed by atoms with E-state index in [1.165, 1.54) is 5.56 Å². The van der Waals surface area contributed by atoms with Gasteiger partial charge in [0.05, 0.1) is 12.5 Å². The molecule has 2 unspecified atom stereocenters. The molecule has 0 fully saturated rings.